The van der Waals surface area contributed by atoms with Crippen molar-refractivity contribution in [3.8, 4) is 0 Å². The van der Waals surface area contributed by atoms with Gasteiger partial charge in [-0.2, -0.15) is 0 Å². The first-order valence-corrected chi connectivity index (χ1v) is 8.33. The third-order valence-corrected chi connectivity index (χ3v) is 5.41. The van der Waals surface area contributed by atoms with E-state index in [4.69, 9.17) is 0 Å². The molecule has 1 fully saturated rings. The van der Waals surface area contributed by atoms with E-state index < -0.39 is 9.84 Å². The van der Waals surface area contributed by atoms with Crippen LogP contribution >= 0.6 is 0 Å². The van der Waals surface area contributed by atoms with Gasteiger partial charge >= 0.3 is 0 Å². The molecule has 1 N–H and O–H groups in total. The van der Waals surface area contributed by atoms with Gasteiger partial charge in [-0.15, -0.1) is 0 Å². The van der Waals surface area contributed by atoms with Gasteiger partial charge in [-0.3, -0.25) is 4.90 Å². The summed E-state index contributed by atoms with van der Waals surface area (Å²) < 4.78 is 22.9. The fourth-order valence-corrected chi connectivity index (χ4v) is 3.03. The van der Waals surface area contributed by atoms with E-state index in [1.54, 1.807) is 6.92 Å². The summed E-state index contributed by atoms with van der Waals surface area (Å²) in [6.07, 6.45) is 2.61. The van der Waals surface area contributed by atoms with Gasteiger partial charge < -0.3 is 5.32 Å². The lowest BCUT2D eigenvalue weighted by atomic mass is 10.2. The molecule has 0 radical (unpaired) electrons. The summed E-state index contributed by atoms with van der Waals surface area (Å²) in [5.41, 5.74) is 0. The molecule has 0 aromatic heterocycles. The topological polar surface area (TPSA) is 49.4 Å². The van der Waals surface area contributed by atoms with Crippen molar-refractivity contribution in [2.45, 2.75) is 51.7 Å². The Morgan fingerprint density at radius 1 is 1.35 bits per heavy atom. The molecule has 1 saturated carbocycles. The second kappa shape index (κ2) is 6.16. The lowest BCUT2D eigenvalue weighted by molar-refractivity contribution is 0.238. The normalized spacial score (nSPS) is 20.5. The first-order valence-electron chi connectivity index (χ1n) is 6.51. The van der Waals surface area contributed by atoms with Gasteiger partial charge in [0.2, 0.25) is 0 Å². The zero-order valence-corrected chi connectivity index (χ0v) is 12.3. The average molecular weight is 262 g/mol. The molecule has 0 heterocycles. The molecule has 4 nitrogen and oxygen atoms in total. The van der Waals surface area contributed by atoms with E-state index in [1.807, 2.05) is 6.92 Å². The molecule has 2 atom stereocenters. The Labute approximate surface area is 106 Å². The van der Waals surface area contributed by atoms with Crippen LogP contribution in [0, 0.1) is 0 Å². The van der Waals surface area contributed by atoms with Crippen LogP contribution in [0.1, 0.15) is 33.6 Å². The molecule has 2 unspecified atom stereocenters. The summed E-state index contributed by atoms with van der Waals surface area (Å²) in [7, 11) is -0.717. The molecule has 102 valence electrons. The van der Waals surface area contributed by atoms with Crippen molar-refractivity contribution in [1.82, 2.24) is 10.2 Å². The summed E-state index contributed by atoms with van der Waals surface area (Å²) in [5.74, 6) is 0.472. The number of sulfone groups is 1. The van der Waals surface area contributed by atoms with Crippen LogP contribution in [0.5, 0.6) is 0 Å². The van der Waals surface area contributed by atoms with E-state index in [9.17, 15) is 8.42 Å². The Hall–Kier alpha value is -0.130. The van der Waals surface area contributed by atoms with Gasteiger partial charge in [0.15, 0.2) is 9.84 Å². The molecule has 17 heavy (non-hydrogen) atoms. The zero-order valence-electron chi connectivity index (χ0n) is 11.4. The second-order valence-electron chi connectivity index (χ2n) is 5.25. The number of hydrogen-bond donors (Lipinski definition) is 1. The van der Waals surface area contributed by atoms with Crippen molar-refractivity contribution < 1.29 is 8.42 Å². The van der Waals surface area contributed by atoms with E-state index in [0.717, 1.165) is 12.6 Å². The first-order chi connectivity index (χ1) is 7.85. The highest BCUT2D eigenvalue weighted by molar-refractivity contribution is 7.91. The molecule has 1 rings (SSSR count). The van der Waals surface area contributed by atoms with Gasteiger partial charge in [0.25, 0.3) is 0 Å². The zero-order chi connectivity index (χ0) is 13.1. The maximum atomic E-state index is 11.5. The maximum absolute atomic E-state index is 11.5. The molecule has 0 aromatic carbocycles. The molecule has 1 aliphatic rings. The second-order valence-corrected chi connectivity index (χ2v) is 7.65. The Morgan fingerprint density at radius 3 is 2.41 bits per heavy atom. The smallest absolute Gasteiger partial charge is 0.151 e. The number of likely N-dealkylation sites (N-methyl/N-ethyl adjacent to an activating group) is 1. The quantitative estimate of drug-likeness (QED) is 0.705. The third kappa shape index (κ3) is 5.36. The minimum atomic E-state index is -2.87. The van der Waals surface area contributed by atoms with Crippen molar-refractivity contribution in [2.24, 2.45) is 0 Å². The maximum Gasteiger partial charge on any atom is 0.151 e. The van der Waals surface area contributed by atoms with Crippen molar-refractivity contribution in [3.05, 3.63) is 0 Å². The predicted molar refractivity (Wildman–Crippen MR) is 72.0 cm³/mol. The summed E-state index contributed by atoms with van der Waals surface area (Å²) in [6.45, 7) is 6.68. The average Bonchev–Trinajstić information content (AvgIpc) is 3.08. The SMILES string of the molecule is CCS(=O)(=O)CC(C)NCC(C)N(C)C1CC1. The van der Waals surface area contributed by atoms with Gasteiger partial charge in [0.05, 0.1) is 5.75 Å². The fourth-order valence-electron chi connectivity index (χ4n) is 1.92. The van der Waals surface area contributed by atoms with Gasteiger partial charge in [0.1, 0.15) is 0 Å². The highest BCUT2D eigenvalue weighted by Crippen LogP contribution is 2.26. The Balaban J connectivity index is 2.25. The van der Waals surface area contributed by atoms with Crippen LogP contribution in [0.15, 0.2) is 0 Å². The third-order valence-electron chi connectivity index (χ3n) is 3.52. The van der Waals surface area contributed by atoms with Crippen molar-refractivity contribution in [2.75, 3.05) is 25.1 Å². The fraction of sp³-hybridized carbons (Fsp3) is 1.00. The van der Waals surface area contributed by atoms with E-state index in [2.05, 4.69) is 24.2 Å². The lowest BCUT2D eigenvalue weighted by Gasteiger charge is -2.26. The highest BCUT2D eigenvalue weighted by atomic mass is 32.2. The molecule has 5 heteroatoms. The van der Waals surface area contributed by atoms with Gasteiger partial charge in [-0.25, -0.2) is 8.42 Å². The Morgan fingerprint density at radius 2 is 1.94 bits per heavy atom. The monoisotopic (exact) mass is 262 g/mol. The standard InChI is InChI=1S/C12H26N2O2S/c1-5-17(15,16)9-10(2)13-8-11(3)14(4)12-6-7-12/h10-13H,5-9H2,1-4H3. The van der Waals surface area contributed by atoms with Crippen molar-refractivity contribution in [3.63, 3.8) is 0 Å². The first kappa shape index (κ1) is 14.9. The van der Waals surface area contributed by atoms with E-state index in [-0.39, 0.29) is 17.5 Å². The number of nitrogens with zero attached hydrogens (tertiary/aromatic N) is 1. The van der Waals surface area contributed by atoms with Crippen molar-refractivity contribution in [1.29, 1.82) is 0 Å². The Bertz CT molecular complexity index is 325. The summed E-state index contributed by atoms with van der Waals surface area (Å²) in [5, 5.41) is 3.32. The summed E-state index contributed by atoms with van der Waals surface area (Å²) in [4.78, 5) is 2.38. The van der Waals surface area contributed by atoms with E-state index in [0.29, 0.717) is 6.04 Å². The van der Waals surface area contributed by atoms with Crippen LogP contribution in [0.4, 0.5) is 0 Å². The van der Waals surface area contributed by atoms with Crippen molar-refractivity contribution >= 4 is 9.84 Å². The minimum Gasteiger partial charge on any atom is -0.312 e. The Kier molecular flexibility index (Phi) is 5.41. The van der Waals surface area contributed by atoms with E-state index in [1.165, 1.54) is 12.8 Å². The molecule has 0 saturated heterocycles. The van der Waals surface area contributed by atoms with Crippen LogP contribution in [-0.4, -0.2) is 56.5 Å². The number of hydrogen-bond acceptors (Lipinski definition) is 4. The van der Waals surface area contributed by atoms with Crippen LogP contribution in [0.2, 0.25) is 0 Å². The molecule has 0 bridgehead atoms. The largest absolute Gasteiger partial charge is 0.312 e. The van der Waals surface area contributed by atoms with Crippen LogP contribution in [0.3, 0.4) is 0 Å². The van der Waals surface area contributed by atoms with Gasteiger partial charge in [-0.05, 0) is 33.7 Å². The molecule has 1 aliphatic carbocycles. The summed E-state index contributed by atoms with van der Waals surface area (Å²) in [6, 6.07) is 1.26. The molecular weight excluding hydrogens is 236 g/mol. The lowest BCUT2D eigenvalue weighted by Crippen LogP contribution is -2.43. The minimum absolute atomic E-state index is 0.0370. The summed E-state index contributed by atoms with van der Waals surface area (Å²) >= 11 is 0. The number of nitrogens with one attached hydrogen (secondary N) is 1. The molecule has 0 aliphatic heterocycles. The van der Waals surface area contributed by atoms with Gasteiger partial charge in [-0.1, -0.05) is 6.92 Å². The predicted octanol–water partition coefficient (Wildman–Crippen LogP) is 0.882. The number of rotatable bonds is 8. The molecule has 0 aromatic rings. The molecule has 0 spiro atoms. The van der Waals surface area contributed by atoms with Crippen LogP contribution in [-0.2, 0) is 9.84 Å². The molecular formula is C12H26N2O2S. The van der Waals surface area contributed by atoms with Crippen LogP contribution in [0.25, 0.3) is 0 Å². The van der Waals surface area contributed by atoms with E-state index >= 15 is 0 Å². The van der Waals surface area contributed by atoms with Crippen LogP contribution < -0.4 is 5.32 Å². The molecule has 0 amide bonds. The van der Waals surface area contributed by atoms with Gasteiger partial charge in [0, 0.05) is 30.4 Å². The highest BCUT2D eigenvalue weighted by Gasteiger charge is 2.29.